The molecule has 0 saturated heterocycles. The van der Waals surface area contributed by atoms with E-state index < -0.39 is 5.97 Å². The molecule has 1 aromatic carbocycles. The first-order valence-corrected chi connectivity index (χ1v) is 5.17. The van der Waals surface area contributed by atoms with Crippen molar-refractivity contribution in [2.24, 2.45) is 0 Å². The lowest BCUT2D eigenvalue weighted by Gasteiger charge is -2.12. The summed E-state index contributed by atoms with van der Waals surface area (Å²) >= 11 is 0. The summed E-state index contributed by atoms with van der Waals surface area (Å²) in [5.74, 6) is -0.109. The second kappa shape index (κ2) is 5.35. The van der Waals surface area contributed by atoms with Crippen LogP contribution in [-0.4, -0.2) is 17.2 Å². The van der Waals surface area contributed by atoms with Crippen molar-refractivity contribution >= 4 is 12.0 Å². The highest BCUT2D eigenvalue weighted by Gasteiger charge is 2.02. The van der Waals surface area contributed by atoms with Crippen molar-refractivity contribution in [2.45, 2.75) is 26.9 Å². The van der Waals surface area contributed by atoms with Crippen LogP contribution in [0.2, 0.25) is 0 Å². The molecule has 0 aromatic heterocycles. The maximum Gasteiger partial charge on any atom is 0.328 e. The van der Waals surface area contributed by atoms with Crippen LogP contribution in [0.1, 0.15) is 25.0 Å². The fraction of sp³-hybridized carbons (Fsp3) is 0.308. The van der Waals surface area contributed by atoms with Gasteiger partial charge < -0.3 is 9.84 Å². The van der Waals surface area contributed by atoms with E-state index in [2.05, 4.69) is 0 Å². The standard InChI is InChI=1S/C13H16O3/c1-9(2)16-12-6-4-11(8-10(12)3)5-7-13(14)15/h4-9H,1-3H3,(H,14,15)/b7-5-. The van der Waals surface area contributed by atoms with Crippen molar-refractivity contribution in [3.8, 4) is 5.75 Å². The summed E-state index contributed by atoms with van der Waals surface area (Å²) in [4.78, 5) is 10.4. The van der Waals surface area contributed by atoms with Gasteiger partial charge in [-0.15, -0.1) is 0 Å². The molecule has 0 aliphatic heterocycles. The number of carboxylic acids is 1. The van der Waals surface area contributed by atoms with Gasteiger partial charge in [-0.1, -0.05) is 6.07 Å². The number of carbonyl (C=O) groups is 1. The fourth-order valence-electron chi connectivity index (χ4n) is 1.33. The molecule has 0 saturated carbocycles. The Morgan fingerprint density at radius 3 is 2.62 bits per heavy atom. The summed E-state index contributed by atoms with van der Waals surface area (Å²) < 4.78 is 5.59. The van der Waals surface area contributed by atoms with E-state index in [1.54, 1.807) is 6.08 Å². The SMILES string of the molecule is Cc1cc(/C=C\C(=O)O)ccc1OC(C)C. The molecule has 0 unspecified atom stereocenters. The Hall–Kier alpha value is -1.77. The third-order valence-corrected chi connectivity index (χ3v) is 1.98. The van der Waals surface area contributed by atoms with Crippen molar-refractivity contribution in [2.75, 3.05) is 0 Å². The minimum absolute atomic E-state index is 0.138. The quantitative estimate of drug-likeness (QED) is 0.793. The van der Waals surface area contributed by atoms with E-state index in [9.17, 15) is 4.79 Å². The first kappa shape index (κ1) is 12.3. The van der Waals surface area contributed by atoms with Gasteiger partial charge in [0.1, 0.15) is 5.75 Å². The van der Waals surface area contributed by atoms with E-state index in [0.717, 1.165) is 23.0 Å². The lowest BCUT2D eigenvalue weighted by atomic mass is 10.1. The van der Waals surface area contributed by atoms with Crippen molar-refractivity contribution < 1.29 is 14.6 Å². The second-order valence-corrected chi connectivity index (χ2v) is 3.86. The van der Waals surface area contributed by atoms with Crippen LogP contribution in [0.15, 0.2) is 24.3 Å². The summed E-state index contributed by atoms with van der Waals surface area (Å²) in [6.45, 7) is 5.88. The van der Waals surface area contributed by atoms with Gasteiger partial charge in [-0.25, -0.2) is 4.79 Å². The number of hydrogen-bond acceptors (Lipinski definition) is 2. The maximum atomic E-state index is 10.4. The van der Waals surface area contributed by atoms with Crippen LogP contribution in [0.5, 0.6) is 5.75 Å². The van der Waals surface area contributed by atoms with Gasteiger partial charge in [-0.05, 0) is 50.1 Å². The number of aliphatic carboxylic acids is 1. The molecule has 86 valence electrons. The molecule has 3 nitrogen and oxygen atoms in total. The Morgan fingerprint density at radius 2 is 2.12 bits per heavy atom. The number of aryl methyl sites for hydroxylation is 1. The zero-order chi connectivity index (χ0) is 12.1. The molecule has 1 N–H and O–H groups in total. The molecule has 0 radical (unpaired) electrons. The highest BCUT2D eigenvalue weighted by atomic mass is 16.5. The highest BCUT2D eigenvalue weighted by molar-refractivity contribution is 5.85. The molecule has 0 amide bonds. The molecule has 1 rings (SSSR count). The van der Waals surface area contributed by atoms with Gasteiger partial charge in [0.05, 0.1) is 6.10 Å². The molecular weight excluding hydrogens is 204 g/mol. The first-order valence-electron chi connectivity index (χ1n) is 5.17. The van der Waals surface area contributed by atoms with Crippen LogP contribution in [0.25, 0.3) is 6.08 Å². The topological polar surface area (TPSA) is 46.5 Å². The molecule has 1 aromatic rings. The van der Waals surface area contributed by atoms with Gasteiger partial charge in [0.2, 0.25) is 0 Å². The average Bonchev–Trinajstić information content (AvgIpc) is 2.18. The van der Waals surface area contributed by atoms with Crippen LogP contribution < -0.4 is 4.74 Å². The Balaban J connectivity index is 2.86. The molecule has 0 aliphatic rings. The lowest BCUT2D eigenvalue weighted by Crippen LogP contribution is -2.06. The molecule has 3 heteroatoms. The van der Waals surface area contributed by atoms with Gasteiger partial charge in [-0.2, -0.15) is 0 Å². The van der Waals surface area contributed by atoms with Crippen molar-refractivity contribution in [1.29, 1.82) is 0 Å². The van der Waals surface area contributed by atoms with Crippen molar-refractivity contribution in [3.05, 3.63) is 35.4 Å². The van der Waals surface area contributed by atoms with Crippen LogP contribution in [0.3, 0.4) is 0 Å². The monoisotopic (exact) mass is 220 g/mol. The van der Waals surface area contributed by atoms with Crippen LogP contribution in [-0.2, 0) is 4.79 Å². The third kappa shape index (κ3) is 3.77. The number of rotatable bonds is 4. The Bertz CT molecular complexity index is 406. The van der Waals surface area contributed by atoms with E-state index in [1.807, 2.05) is 39.0 Å². The van der Waals surface area contributed by atoms with E-state index in [0.29, 0.717) is 0 Å². The van der Waals surface area contributed by atoms with Crippen molar-refractivity contribution in [1.82, 2.24) is 0 Å². The van der Waals surface area contributed by atoms with Gasteiger partial charge in [-0.3, -0.25) is 0 Å². The van der Waals surface area contributed by atoms with E-state index in [4.69, 9.17) is 9.84 Å². The maximum absolute atomic E-state index is 10.4. The van der Waals surface area contributed by atoms with Gasteiger partial charge in [0.15, 0.2) is 0 Å². The van der Waals surface area contributed by atoms with Crippen LogP contribution >= 0.6 is 0 Å². The van der Waals surface area contributed by atoms with E-state index in [-0.39, 0.29) is 6.10 Å². The van der Waals surface area contributed by atoms with E-state index in [1.165, 1.54) is 0 Å². The Labute approximate surface area is 95.4 Å². The molecule has 0 heterocycles. The predicted molar refractivity (Wildman–Crippen MR) is 63.6 cm³/mol. The van der Waals surface area contributed by atoms with Gasteiger partial charge in [0, 0.05) is 6.08 Å². The summed E-state index contributed by atoms with van der Waals surface area (Å²) in [6.07, 6.45) is 2.82. The molecule has 0 aliphatic carbocycles. The number of ether oxygens (including phenoxy) is 1. The minimum Gasteiger partial charge on any atom is -0.491 e. The average molecular weight is 220 g/mol. The zero-order valence-corrected chi connectivity index (χ0v) is 9.73. The highest BCUT2D eigenvalue weighted by Crippen LogP contribution is 2.20. The number of benzene rings is 1. The first-order chi connectivity index (χ1) is 7.49. The van der Waals surface area contributed by atoms with Crippen LogP contribution in [0.4, 0.5) is 0 Å². The largest absolute Gasteiger partial charge is 0.491 e. The zero-order valence-electron chi connectivity index (χ0n) is 9.73. The molecule has 0 spiro atoms. The smallest absolute Gasteiger partial charge is 0.328 e. The molecular formula is C13H16O3. The normalized spacial score (nSPS) is 11.0. The second-order valence-electron chi connectivity index (χ2n) is 3.86. The molecule has 0 bridgehead atoms. The van der Waals surface area contributed by atoms with Crippen molar-refractivity contribution in [3.63, 3.8) is 0 Å². The summed E-state index contributed by atoms with van der Waals surface area (Å²) in [6, 6.07) is 5.60. The third-order valence-electron chi connectivity index (χ3n) is 1.98. The molecule has 16 heavy (non-hydrogen) atoms. The summed E-state index contributed by atoms with van der Waals surface area (Å²) in [5, 5.41) is 8.51. The van der Waals surface area contributed by atoms with Gasteiger partial charge in [0.25, 0.3) is 0 Å². The molecule has 0 atom stereocenters. The van der Waals surface area contributed by atoms with E-state index >= 15 is 0 Å². The summed E-state index contributed by atoms with van der Waals surface area (Å²) in [7, 11) is 0. The summed E-state index contributed by atoms with van der Waals surface area (Å²) in [5.41, 5.74) is 1.86. The molecule has 0 fully saturated rings. The van der Waals surface area contributed by atoms with Crippen LogP contribution in [0, 0.1) is 6.92 Å². The number of hydrogen-bond donors (Lipinski definition) is 1. The fourth-order valence-corrected chi connectivity index (χ4v) is 1.33. The number of carboxylic acid groups (broad SMARTS) is 1. The van der Waals surface area contributed by atoms with Gasteiger partial charge >= 0.3 is 5.97 Å². The minimum atomic E-state index is -0.944. The Kier molecular flexibility index (Phi) is 4.11. The lowest BCUT2D eigenvalue weighted by molar-refractivity contribution is -0.131. The Morgan fingerprint density at radius 1 is 1.44 bits per heavy atom. The predicted octanol–water partition coefficient (Wildman–Crippen LogP) is 2.88.